The number of amides is 1. The lowest BCUT2D eigenvalue weighted by atomic mass is 9.91. The van der Waals surface area contributed by atoms with Gasteiger partial charge in [0, 0.05) is 41.1 Å². The van der Waals surface area contributed by atoms with Crippen LogP contribution in [0.2, 0.25) is 0 Å². The number of aliphatic hydroxyl groups excluding tert-OH is 1. The number of pyridine rings is 1. The summed E-state index contributed by atoms with van der Waals surface area (Å²) in [6, 6.07) is 35.9. The molecule has 240 valence electrons. The van der Waals surface area contributed by atoms with Gasteiger partial charge in [0.15, 0.2) is 6.29 Å². The molecule has 6 rings (SSSR count). The van der Waals surface area contributed by atoms with Crippen LogP contribution < -0.4 is 10.1 Å². The number of aromatic nitrogens is 1. The SMILES string of the molecule is COc1ccccc1SCC1OC(c2cccc(-c3cccc(CNC(=O)c4cccnc4)c3)c2)OC(c2ccc(CO)cc2)C1C. The van der Waals surface area contributed by atoms with Gasteiger partial charge in [0.05, 0.1) is 31.5 Å². The summed E-state index contributed by atoms with van der Waals surface area (Å²) in [4.78, 5) is 17.7. The molecule has 4 unspecified atom stereocenters. The van der Waals surface area contributed by atoms with Crippen LogP contribution in [0.4, 0.5) is 0 Å². The predicted molar refractivity (Wildman–Crippen MR) is 184 cm³/mol. The molecule has 7 nitrogen and oxygen atoms in total. The van der Waals surface area contributed by atoms with Gasteiger partial charge in [-0.3, -0.25) is 9.78 Å². The van der Waals surface area contributed by atoms with E-state index >= 15 is 0 Å². The molecule has 1 amide bonds. The Hall–Kier alpha value is -4.47. The van der Waals surface area contributed by atoms with Crippen LogP contribution in [0.1, 0.15) is 51.9 Å². The quantitative estimate of drug-likeness (QED) is 0.142. The van der Waals surface area contributed by atoms with Crippen LogP contribution in [0.25, 0.3) is 11.1 Å². The number of para-hydroxylation sites is 1. The van der Waals surface area contributed by atoms with Gasteiger partial charge in [-0.2, -0.15) is 0 Å². The van der Waals surface area contributed by atoms with Gasteiger partial charge in [0.1, 0.15) is 5.75 Å². The third-order valence-corrected chi connectivity index (χ3v) is 9.53. The van der Waals surface area contributed by atoms with E-state index in [4.69, 9.17) is 14.2 Å². The Kier molecular flexibility index (Phi) is 10.6. The number of benzene rings is 4. The van der Waals surface area contributed by atoms with Crippen LogP contribution in [-0.4, -0.2) is 35.0 Å². The van der Waals surface area contributed by atoms with E-state index in [9.17, 15) is 9.90 Å². The summed E-state index contributed by atoms with van der Waals surface area (Å²) in [6.45, 7) is 2.57. The second-order valence-corrected chi connectivity index (χ2v) is 12.6. The summed E-state index contributed by atoms with van der Waals surface area (Å²) in [7, 11) is 1.69. The Morgan fingerprint density at radius 1 is 0.872 bits per heavy atom. The Labute approximate surface area is 279 Å². The summed E-state index contributed by atoms with van der Waals surface area (Å²) >= 11 is 1.72. The van der Waals surface area contributed by atoms with Crippen molar-refractivity contribution in [2.24, 2.45) is 5.92 Å². The number of nitrogens with one attached hydrogen (secondary N) is 1. The lowest BCUT2D eigenvalue weighted by Crippen LogP contribution is -2.38. The molecule has 0 saturated carbocycles. The monoisotopic (exact) mass is 646 g/mol. The van der Waals surface area contributed by atoms with Gasteiger partial charge in [-0.25, -0.2) is 0 Å². The number of methoxy groups -OCH3 is 1. The molecule has 1 aromatic heterocycles. The maximum atomic E-state index is 12.6. The third kappa shape index (κ3) is 7.92. The van der Waals surface area contributed by atoms with Crippen molar-refractivity contribution in [1.29, 1.82) is 0 Å². The van der Waals surface area contributed by atoms with Crippen molar-refractivity contribution < 1.29 is 24.1 Å². The normalized spacial score (nSPS) is 19.2. The zero-order valence-corrected chi connectivity index (χ0v) is 27.2. The zero-order chi connectivity index (χ0) is 32.6. The average molecular weight is 647 g/mol. The average Bonchev–Trinajstić information content (AvgIpc) is 3.14. The van der Waals surface area contributed by atoms with Crippen LogP contribution in [0.15, 0.2) is 126 Å². The van der Waals surface area contributed by atoms with Crippen molar-refractivity contribution in [2.75, 3.05) is 12.9 Å². The van der Waals surface area contributed by atoms with Crippen molar-refractivity contribution in [1.82, 2.24) is 10.3 Å². The first-order chi connectivity index (χ1) is 23.0. The van der Waals surface area contributed by atoms with Crippen molar-refractivity contribution in [2.45, 2.75) is 43.5 Å². The molecular weight excluding hydrogens is 609 g/mol. The first-order valence-electron chi connectivity index (χ1n) is 15.7. The molecular formula is C39H38N2O5S. The molecule has 1 fully saturated rings. The van der Waals surface area contributed by atoms with Crippen molar-refractivity contribution in [3.63, 3.8) is 0 Å². The molecule has 0 bridgehead atoms. The largest absolute Gasteiger partial charge is 0.496 e. The Bertz CT molecular complexity index is 1780. The minimum atomic E-state index is -0.584. The van der Waals surface area contributed by atoms with E-state index < -0.39 is 6.29 Å². The van der Waals surface area contributed by atoms with E-state index in [1.54, 1.807) is 43.4 Å². The maximum absolute atomic E-state index is 12.6. The second kappa shape index (κ2) is 15.4. The molecule has 2 heterocycles. The van der Waals surface area contributed by atoms with Crippen LogP contribution in [0.3, 0.4) is 0 Å². The van der Waals surface area contributed by atoms with Crippen LogP contribution >= 0.6 is 11.8 Å². The number of hydrogen-bond donors (Lipinski definition) is 2. The minimum Gasteiger partial charge on any atom is -0.496 e. The Morgan fingerprint density at radius 2 is 1.66 bits per heavy atom. The van der Waals surface area contributed by atoms with Gasteiger partial charge in [0.2, 0.25) is 0 Å². The van der Waals surface area contributed by atoms with Gasteiger partial charge in [-0.1, -0.05) is 79.7 Å². The van der Waals surface area contributed by atoms with Gasteiger partial charge in [-0.05, 0) is 64.2 Å². The van der Waals surface area contributed by atoms with Crippen LogP contribution in [0.5, 0.6) is 5.75 Å². The lowest BCUT2D eigenvalue weighted by Gasteiger charge is -2.41. The van der Waals surface area contributed by atoms with Gasteiger partial charge in [-0.15, -0.1) is 11.8 Å². The van der Waals surface area contributed by atoms with Gasteiger partial charge >= 0.3 is 0 Å². The predicted octanol–water partition coefficient (Wildman–Crippen LogP) is 7.76. The molecule has 1 saturated heterocycles. The molecule has 0 radical (unpaired) electrons. The first kappa shape index (κ1) is 32.5. The fourth-order valence-electron chi connectivity index (χ4n) is 5.73. The van der Waals surface area contributed by atoms with E-state index in [0.717, 1.165) is 49.8 Å². The van der Waals surface area contributed by atoms with E-state index in [1.807, 2.05) is 66.7 Å². The van der Waals surface area contributed by atoms with E-state index in [0.29, 0.717) is 12.1 Å². The summed E-state index contributed by atoms with van der Waals surface area (Å²) in [5.74, 6) is 1.47. The zero-order valence-electron chi connectivity index (χ0n) is 26.4. The number of rotatable bonds is 11. The highest BCUT2D eigenvalue weighted by molar-refractivity contribution is 7.99. The summed E-state index contributed by atoms with van der Waals surface area (Å²) in [6.07, 6.45) is 2.31. The standard InChI is InChI=1S/C39H38N2O5S/c1-26-35(25-47-36-14-4-3-13-34(36)44-2)45-39(46-37(26)29-17-15-27(24-42)16-18-29)32-11-6-10-31(21-32)30-9-5-8-28(20-30)22-41-38(43)33-12-7-19-40-23-33/h3-21,23,26,35,37,39,42H,22,24-25H2,1-2H3,(H,41,43). The van der Waals surface area contributed by atoms with Gasteiger partial charge < -0.3 is 24.6 Å². The van der Waals surface area contributed by atoms with Crippen molar-refractivity contribution in [3.05, 3.63) is 149 Å². The number of ether oxygens (including phenoxy) is 3. The van der Waals surface area contributed by atoms with E-state index in [-0.39, 0.29) is 30.6 Å². The fourth-order valence-corrected chi connectivity index (χ4v) is 6.92. The Morgan fingerprint density at radius 3 is 2.43 bits per heavy atom. The molecule has 8 heteroatoms. The van der Waals surface area contributed by atoms with Crippen LogP contribution in [0, 0.1) is 5.92 Å². The molecule has 2 N–H and O–H groups in total. The maximum Gasteiger partial charge on any atom is 0.253 e. The topological polar surface area (TPSA) is 89.9 Å². The summed E-state index contributed by atoms with van der Waals surface area (Å²) < 4.78 is 19.0. The number of carbonyl (C=O) groups is 1. The molecule has 0 aliphatic carbocycles. The van der Waals surface area contributed by atoms with E-state index in [1.165, 1.54) is 0 Å². The van der Waals surface area contributed by atoms with Crippen LogP contribution in [-0.2, 0) is 22.6 Å². The van der Waals surface area contributed by atoms with Crippen molar-refractivity contribution in [3.8, 4) is 16.9 Å². The third-order valence-electron chi connectivity index (χ3n) is 8.39. The van der Waals surface area contributed by atoms with E-state index in [2.05, 4.69) is 47.6 Å². The number of hydrogen-bond acceptors (Lipinski definition) is 7. The highest BCUT2D eigenvalue weighted by Gasteiger charge is 2.38. The minimum absolute atomic E-state index is 0.00383. The molecule has 1 aliphatic heterocycles. The molecule has 47 heavy (non-hydrogen) atoms. The smallest absolute Gasteiger partial charge is 0.253 e. The molecule has 0 spiro atoms. The number of nitrogens with zero attached hydrogens (tertiary/aromatic N) is 1. The fraction of sp³-hybridized carbons (Fsp3) is 0.231. The highest BCUT2D eigenvalue weighted by atomic mass is 32.2. The van der Waals surface area contributed by atoms with Crippen molar-refractivity contribution >= 4 is 17.7 Å². The number of carbonyl (C=O) groups excluding carboxylic acids is 1. The molecule has 4 aromatic carbocycles. The number of aliphatic hydroxyl groups is 1. The Balaban J connectivity index is 1.23. The summed E-state index contributed by atoms with van der Waals surface area (Å²) in [5, 5.41) is 12.6. The second-order valence-electron chi connectivity index (χ2n) is 11.5. The highest BCUT2D eigenvalue weighted by Crippen LogP contribution is 2.44. The molecule has 5 aromatic rings. The first-order valence-corrected chi connectivity index (χ1v) is 16.6. The molecule has 1 aliphatic rings. The lowest BCUT2D eigenvalue weighted by molar-refractivity contribution is -0.268. The summed E-state index contributed by atoms with van der Waals surface area (Å²) in [5.41, 5.74) is 6.41. The number of thioether (sulfide) groups is 1. The van der Waals surface area contributed by atoms with Gasteiger partial charge in [0.25, 0.3) is 5.91 Å². The molecule has 4 atom stereocenters.